The van der Waals surface area contributed by atoms with Gasteiger partial charge in [-0.3, -0.25) is 14.7 Å². The Morgan fingerprint density at radius 2 is 1.96 bits per heavy atom. The Hall–Kier alpha value is -2.27. The smallest absolute Gasteiger partial charge is 0.227 e. The van der Waals surface area contributed by atoms with Crippen molar-refractivity contribution >= 4 is 5.91 Å². The molecule has 4 nitrogen and oxygen atoms in total. The van der Waals surface area contributed by atoms with Gasteiger partial charge in [0.2, 0.25) is 5.91 Å². The van der Waals surface area contributed by atoms with E-state index in [2.05, 4.69) is 23.7 Å². The molecule has 138 valence electrons. The van der Waals surface area contributed by atoms with Crippen molar-refractivity contribution in [2.75, 3.05) is 19.6 Å². The Kier molecular flexibility index (Phi) is 5.99. The molecule has 1 fully saturated rings. The first kappa shape index (κ1) is 18.5. The predicted octanol–water partition coefficient (Wildman–Crippen LogP) is 3.13. The maximum Gasteiger partial charge on any atom is 0.227 e. The first-order valence-corrected chi connectivity index (χ1v) is 9.16. The van der Waals surface area contributed by atoms with Crippen LogP contribution in [0.4, 0.5) is 4.39 Å². The van der Waals surface area contributed by atoms with E-state index in [1.807, 2.05) is 29.4 Å². The average Bonchev–Trinajstić information content (AvgIpc) is 2.53. The van der Waals surface area contributed by atoms with E-state index in [0.29, 0.717) is 12.0 Å². The van der Waals surface area contributed by atoms with Crippen LogP contribution in [0.1, 0.15) is 25.0 Å². The molecular formula is C21H26FN3O. The summed E-state index contributed by atoms with van der Waals surface area (Å²) in [5.74, 6) is 0.339. The molecule has 0 unspecified atom stereocenters. The number of nitrogens with zero attached hydrogens (tertiary/aromatic N) is 3. The highest BCUT2D eigenvalue weighted by Gasteiger charge is 2.34. The van der Waals surface area contributed by atoms with Gasteiger partial charge in [0.1, 0.15) is 5.82 Å². The van der Waals surface area contributed by atoms with Gasteiger partial charge in [0, 0.05) is 44.6 Å². The van der Waals surface area contributed by atoms with Gasteiger partial charge in [-0.05, 0) is 41.3 Å². The zero-order valence-corrected chi connectivity index (χ0v) is 15.4. The molecule has 0 radical (unpaired) electrons. The molecule has 0 saturated carbocycles. The minimum atomic E-state index is -0.294. The Morgan fingerprint density at radius 1 is 1.23 bits per heavy atom. The topological polar surface area (TPSA) is 36.4 Å². The van der Waals surface area contributed by atoms with Crippen LogP contribution in [0.3, 0.4) is 0 Å². The van der Waals surface area contributed by atoms with Crippen LogP contribution in [0.25, 0.3) is 0 Å². The summed E-state index contributed by atoms with van der Waals surface area (Å²) >= 11 is 0. The summed E-state index contributed by atoms with van der Waals surface area (Å²) in [6, 6.07) is 10.7. The third kappa shape index (κ3) is 4.88. The van der Waals surface area contributed by atoms with Crippen molar-refractivity contribution < 1.29 is 9.18 Å². The van der Waals surface area contributed by atoms with Gasteiger partial charge in [-0.25, -0.2) is 4.39 Å². The summed E-state index contributed by atoms with van der Waals surface area (Å²) < 4.78 is 13.3. The lowest BCUT2D eigenvalue weighted by atomic mass is 10.0. The fourth-order valence-electron chi connectivity index (χ4n) is 3.36. The molecule has 1 amide bonds. The third-order valence-corrected chi connectivity index (χ3v) is 4.71. The molecule has 0 N–H and O–H groups in total. The zero-order chi connectivity index (χ0) is 18.5. The molecule has 0 spiro atoms. The Bertz CT molecular complexity index is 729. The Balaban J connectivity index is 1.55. The van der Waals surface area contributed by atoms with Crippen LogP contribution < -0.4 is 0 Å². The number of pyridine rings is 1. The van der Waals surface area contributed by atoms with Crippen molar-refractivity contribution in [1.29, 1.82) is 0 Å². The maximum absolute atomic E-state index is 13.3. The molecule has 0 atom stereocenters. The standard InChI is InChI=1S/C21H26FN3O/c1-16(2)12-24(13-17-6-8-23-9-7-17)20-14-25(15-20)21(26)11-18-4-3-5-19(22)10-18/h3-10,16,20H,11-15H2,1-2H3. The largest absolute Gasteiger partial charge is 0.339 e. The number of carbonyl (C=O) groups is 1. The second kappa shape index (κ2) is 8.41. The van der Waals surface area contributed by atoms with Gasteiger partial charge in [-0.1, -0.05) is 26.0 Å². The highest BCUT2D eigenvalue weighted by molar-refractivity contribution is 5.79. The molecule has 1 aliphatic rings. The zero-order valence-electron chi connectivity index (χ0n) is 15.4. The van der Waals surface area contributed by atoms with Crippen molar-refractivity contribution in [3.63, 3.8) is 0 Å². The van der Waals surface area contributed by atoms with Crippen LogP contribution in [0.5, 0.6) is 0 Å². The summed E-state index contributed by atoms with van der Waals surface area (Å²) in [6.45, 7) is 7.78. The molecule has 1 saturated heterocycles. The minimum absolute atomic E-state index is 0.0697. The average molecular weight is 355 g/mol. The number of amides is 1. The number of rotatable bonds is 7. The van der Waals surface area contributed by atoms with Crippen molar-refractivity contribution in [3.8, 4) is 0 Å². The second-order valence-electron chi connectivity index (χ2n) is 7.44. The van der Waals surface area contributed by atoms with Crippen molar-refractivity contribution in [2.45, 2.75) is 32.9 Å². The maximum atomic E-state index is 13.3. The molecule has 2 aromatic rings. The van der Waals surface area contributed by atoms with Crippen LogP contribution >= 0.6 is 0 Å². The number of hydrogen-bond acceptors (Lipinski definition) is 3. The van der Waals surface area contributed by atoms with Crippen LogP contribution in [0.15, 0.2) is 48.8 Å². The summed E-state index contributed by atoms with van der Waals surface area (Å²) in [5.41, 5.74) is 1.97. The van der Waals surface area contributed by atoms with Crippen molar-refractivity contribution in [1.82, 2.24) is 14.8 Å². The fraction of sp³-hybridized carbons (Fsp3) is 0.429. The van der Waals surface area contributed by atoms with Gasteiger partial charge in [0.25, 0.3) is 0 Å². The molecule has 1 aromatic heterocycles. The van der Waals surface area contributed by atoms with E-state index in [1.54, 1.807) is 12.1 Å². The van der Waals surface area contributed by atoms with Crippen molar-refractivity contribution in [3.05, 3.63) is 65.7 Å². The number of hydrogen-bond donors (Lipinski definition) is 0. The molecule has 1 aliphatic heterocycles. The Morgan fingerprint density at radius 3 is 2.62 bits per heavy atom. The first-order chi connectivity index (χ1) is 12.5. The highest BCUT2D eigenvalue weighted by atomic mass is 19.1. The van der Waals surface area contributed by atoms with Crippen molar-refractivity contribution in [2.24, 2.45) is 5.92 Å². The van der Waals surface area contributed by atoms with Crippen LogP contribution in [-0.2, 0) is 17.8 Å². The van der Waals surface area contributed by atoms with E-state index in [4.69, 9.17) is 0 Å². The molecule has 5 heteroatoms. The predicted molar refractivity (Wildman–Crippen MR) is 100.0 cm³/mol. The highest BCUT2D eigenvalue weighted by Crippen LogP contribution is 2.20. The summed E-state index contributed by atoms with van der Waals surface area (Å²) in [6.07, 6.45) is 3.90. The molecule has 2 heterocycles. The first-order valence-electron chi connectivity index (χ1n) is 9.16. The number of likely N-dealkylation sites (tertiary alicyclic amines) is 1. The monoisotopic (exact) mass is 355 g/mol. The molecule has 3 rings (SSSR count). The Labute approximate surface area is 154 Å². The summed E-state index contributed by atoms with van der Waals surface area (Å²) in [7, 11) is 0. The lowest BCUT2D eigenvalue weighted by Crippen LogP contribution is -2.61. The number of halogens is 1. The molecule has 0 aliphatic carbocycles. The molecular weight excluding hydrogens is 329 g/mol. The summed E-state index contributed by atoms with van der Waals surface area (Å²) in [5, 5.41) is 0. The lowest BCUT2D eigenvalue weighted by Gasteiger charge is -2.46. The summed E-state index contributed by atoms with van der Waals surface area (Å²) in [4.78, 5) is 20.8. The quantitative estimate of drug-likeness (QED) is 0.766. The van der Waals surface area contributed by atoms with Gasteiger partial charge >= 0.3 is 0 Å². The number of benzene rings is 1. The molecule has 0 bridgehead atoms. The van der Waals surface area contributed by atoms with Gasteiger partial charge in [-0.2, -0.15) is 0 Å². The molecule has 1 aromatic carbocycles. The van der Waals surface area contributed by atoms with Crippen LogP contribution in [0, 0.1) is 11.7 Å². The normalized spacial score (nSPS) is 14.7. The SMILES string of the molecule is CC(C)CN(Cc1ccncc1)C1CN(C(=O)Cc2cccc(F)c2)C1. The number of aromatic nitrogens is 1. The fourth-order valence-corrected chi connectivity index (χ4v) is 3.36. The van der Waals surface area contributed by atoms with Gasteiger partial charge in [-0.15, -0.1) is 0 Å². The van der Waals surface area contributed by atoms with E-state index >= 15 is 0 Å². The van der Waals surface area contributed by atoms with E-state index < -0.39 is 0 Å². The second-order valence-corrected chi connectivity index (χ2v) is 7.44. The van der Waals surface area contributed by atoms with Gasteiger partial charge < -0.3 is 4.90 Å². The van der Waals surface area contributed by atoms with E-state index in [9.17, 15) is 9.18 Å². The third-order valence-electron chi connectivity index (χ3n) is 4.71. The van der Waals surface area contributed by atoms with Gasteiger partial charge in [0.15, 0.2) is 0 Å². The van der Waals surface area contributed by atoms with E-state index in [-0.39, 0.29) is 18.1 Å². The van der Waals surface area contributed by atoms with Gasteiger partial charge in [0.05, 0.1) is 6.42 Å². The van der Waals surface area contributed by atoms with E-state index in [0.717, 1.165) is 31.7 Å². The van der Waals surface area contributed by atoms with E-state index in [1.165, 1.54) is 17.7 Å². The van der Waals surface area contributed by atoms with Crippen LogP contribution in [0.2, 0.25) is 0 Å². The van der Waals surface area contributed by atoms with Crippen LogP contribution in [-0.4, -0.2) is 46.4 Å². The minimum Gasteiger partial charge on any atom is -0.339 e. The number of carbonyl (C=O) groups excluding carboxylic acids is 1. The lowest BCUT2D eigenvalue weighted by molar-refractivity contribution is -0.138. The molecule has 26 heavy (non-hydrogen) atoms.